The fourth-order valence-corrected chi connectivity index (χ4v) is 1.72. The molecular weight excluding hydrogens is 228 g/mol. The first-order chi connectivity index (χ1) is 7.54. The molecule has 0 atom stereocenters. The van der Waals surface area contributed by atoms with Crippen LogP contribution in [0.25, 0.3) is 11.3 Å². The average molecular weight is 238 g/mol. The summed E-state index contributed by atoms with van der Waals surface area (Å²) in [4.78, 5) is 3.98. The Morgan fingerprint density at radius 1 is 1.31 bits per heavy atom. The van der Waals surface area contributed by atoms with Gasteiger partial charge in [0.2, 0.25) is 10.0 Å². The van der Waals surface area contributed by atoms with Gasteiger partial charge in [0.25, 0.3) is 0 Å². The second kappa shape index (κ2) is 3.93. The Labute approximate surface area is 92.8 Å². The molecule has 0 bridgehead atoms. The smallest absolute Gasteiger partial charge is 0.230 e. The molecule has 16 heavy (non-hydrogen) atoms. The number of nitrogens with one attached hydrogen (secondary N) is 2. The molecule has 0 radical (unpaired) electrons. The highest BCUT2D eigenvalue weighted by Gasteiger charge is 2.04. The average Bonchev–Trinajstić information content (AvgIpc) is 2.69. The number of nitrogens with zero attached hydrogens (tertiary/aromatic N) is 2. The van der Waals surface area contributed by atoms with Gasteiger partial charge >= 0.3 is 0 Å². The molecule has 0 fully saturated rings. The van der Waals surface area contributed by atoms with E-state index < -0.39 is 10.0 Å². The highest BCUT2D eigenvalue weighted by molar-refractivity contribution is 7.92. The molecule has 0 amide bonds. The zero-order valence-corrected chi connectivity index (χ0v) is 9.32. The lowest BCUT2D eigenvalue weighted by Gasteiger charge is -2.03. The van der Waals surface area contributed by atoms with Crippen LogP contribution in [0, 0.1) is 0 Å². The van der Waals surface area contributed by atoms with Gasteiger partial charge in [-0.15, -0.1) is 0 Å². The minimum absolute atomic E-state index is 0.297. The molecule has 0 saturated carbocycles. The van der Waals surface area contributed by atoms with Crippen LogP contribution >= 0.6 is 0 Å². The van der Waals surface area contributed by atoms with Crippen molar-refractivity contribution in [3.05, 3.63) is 30.6 Å². The fourth-order valence-electron chi connectivity index (χ4n) is 1.22. The van der Waals surface area contributed by atoms with E-state index >= 15 is 0 Å². The van der Waals surface area contributed by atoms with Crippen molar-refractivity contribution < 1.29 is 8.42 Å². The maximum atomic E-state index is 10.9. The monoisotopic (exact) mass is 238 g/mol. The van der Waals surface area contributed by atoms with Crippen molar-refractivity contribution in [3.8, 4) is 11.3 Å². The van der Waals surface area contributed by atoms with Gasteiger partial charge in [-0.3, -0.25) is 9.82 Å². The Balaban J connectivity index is 2.24. The molecule has 0 saturated heterocycles. The third kappa shape index (κ3) is 2.57. The van der Waals surface area contributed by atoms with Crippen LogP contribution < -0.4 is 4.72 Å². The molecule has 6 nitrogen and oxygen atoms in total. The van der Waals surface area contributed by atoms with Gasteiger partial charge in [0.1, 0.15) is 5.82 Å². The van der Waals surface area contributed by atoms with E-state index in [1.165, 1.54) is 0 Å². The molecule has 2 rings (SSSR count). The third-order valence-electron chi connectivity index (χ3n) is 1.87. The number of sulfonamides is 1. The molecule has 7 heteroatoms. The van der Waals surface area contributed by atoms with Gasteiger partial charge in [-0.25, -0.2) is 13.4 Å². The van der Waals surface area contributed by atoms with Crippen molar-refractivity contribution in [1.29, 1.82) is 0 Å². The van der Waals surface area contributed by atoms with Gasteiger partial charge in [0.05, 0.1) is 11.9 Å². The van der Waals surface area contributed by atoms with Crippen LogP contribution in [0.1, 0.15) is 0 Å². The van der Waals surface area contributed by atoms with E-state index in [4.69, 9.17) is 0 Å². The maximum Gasteiger partial charge on any atom is 0.230 e. The quantitative estimate of drug-likeness (QED) is 0.829. The predicted molar refractivity (Wildman–Crippen MR) is 60.3 cm³/mol. The summed E-state index contributed by atoms with van der Waals surface area (Å²) in [7, 11) is -3.28. The predicted octanol–water partition coefficient (Wildman–Crippen LogP) is 0.843. The Morgan fingerprint density at radius 3 is 2.62 bits per heavy atom. The second-order valence-electron chi connectivity index (χ2n) is 3.28. The molecule has 2 aromatic heterocycles. The molecule has 2 N–H and O–H groups in total. The van der Waals surface area contributed by atoms with Crippen molar-refractivity contribution in [2.45, 2.75) is 0 Å². The summed E-state index contributed by atoms with van der Waals surface area (Å²) in [5.41, 5.74) is 1.68. The highest BCUT2D eigenvalue weighted by Crippen LogP contribution is 2.16. The SMILES string of the molecule is CS(=O)(=O)Nc1ccc(-c2ccn[nH]2)cn1. The molecule has 84 valence electrons. The van der Waals surface area contributed by atoms with Crippen molar-refractivity contribution in [1.82, 2.24) is 15.2 Å². The summed E-state index contributed by atoms with van der Waals surface area (Å²) in [5.74, 6) is 0.297. The van der Waals surface area contributed by atoms with E-state index in [-0.39, 0.29) is 0 Å². The number of hydrogen-bond acceptors (Lipinski definition) is 4. The molecule has 2 heterocycles. The summed E-state index contributed by atoms with van der Waals surface area (Å²) in [6.07, 6.45) is 4.29. The van der Waals surface area contributed by atoms with Gasteiger partial charge in [0.15, 0.2) is 0 Å². The Bertz CT molecular complexity index is 560. The van der Waals surface area contributed by atoms with Crippen LogP contribution in [0.3, 0.4) is 0 Å². The number of H-pyrrole nitrogens is 1. The van der Waals surface area contributed by atoms with Crippen molar-refractivity contribution in [2.75, 3.05) is 11.0 Å². The maximum absolute atomic E-state index is 10.9. The van der Waals surface area contributed by atoms with E-state index in [9.17, 15) is 8.42 Å². The number of aromatic amines is 1. The number of rotatable bonds is 3. The molecule has 2 aromatic rings. The summed E-state index contributed by atoms with van der Waals surface area (Å²) in [5, 5.41) is 6.61. The molecule has 0 aliphatic rings. The van der Waals surface area contributed by atoms with Crippen molar-refractivity contribution >= 4 is 15.8 Å². The van der Waals surface area contributed by atoms with Crippen molar-refractivity contribution in [3.63, 3.8) is 0 Å². The zero-order chi connectivity index (χ0) is 11.6. The topological polar surface area (TPSA) is 87.7 Å². The minimum Gasteiger partial charge on any atom is -0.278 e. The van der Waals surface area contributed by atoms with Crippen LogP contribution in [0.4, 0.5) is 5.82 Å². The van der Waals surface area contributed by atoms with E-state index in [1.807, 2.05) is 0 Å². The lowest BCUT2D eigenvalue weighted by Crippen LogP contribution is -2.10. The third-order valence-corrected chi connectivity index (χ3v) is 2.45. The van der Waals surface area contributed by atoms with Crippen LogP contribution in [-0.4, -0.2) is 29.9 Å². The second-order valence-corrected chi connectivity index (χ2v) is 5.03. The van der Waals surface area contributed by atoms with Gasteiger partial charge in [0, 0.05) is 18.0 Å². The molecule has 0 aromatic carbocycles. The molecule has 0 spiro atoms. The lowest BCUT2D eigenvalue weighted by molar-refractivity contribution is 0.606. The molecule has 0 unspecified atom stereocenters. The molecule has 0 aliphatic heterocycles. The number of pyridine rings is 1. The Hall–Kier alpha value is -1.89. The Morgan fingerprint density at radius 2 is 2.12 bits per heavy atom. The number of anilines is 1. The van der Waals surface area contributed by atoms with Gasteiger partial charge in [-0.2, -0.15) is 5.10 Å². The number of aromatic nitrogens is 3. The first-order valence-electron chi connectivity index (χ1n) is 4.48. The first-order valence-corrected chi connectivity index (χ1v) is 6.37. The van der Waals surface area contributed by atoms with E-state index in [0.29, 0.717) is 5.82 Å². The van der Waals surface area contributed by atoms with Crippen molar-refractivity contribution in [2.24, 2.45) is 0 Å². The van der Waals surface area contributed by atoms with Gasteiger partial charge < -0.3 is 0 Å². The normalized spacial score (nSPS) is 11.3. The summed E-state index contributed by atoms with van der Waals surface area (Å²) in [6.45, 7) is 0. The van der Waals surface area contributed by atoms with Crippen LogP contribution in [0.2, 0.25) is 0 Å². The molecular formula is C9H10N4O2S. The summed E-state index contributed by atoms with van der Waals surface area (Å²) < 4.78 is 24.2. The first kappa shape index (κ1) is 10.6. The number of hydrogen-bond donors (Lipinski definition) is 2. The fraction of sp³-hybridized carbons (Fsp3) is 0.111. The largest absolute Gasteiger partial charge is 0.278 e. The Kier molecular flexibility index (Phi) is 2.61. The van der Waals surface area contributed by atoms with Crippen LogP contribution in [-0.2, 0) is 10.0 Å². The summed E-state index contributed by atoms with van der Waals surface area (Å²) in [6, 6.07) is 5.16. The van der Waals surface area contributed by atoms with Gasteiger partial charge in [-0.05, 0) is 18.2 Å². The van der Waals surface area contributed by atoms with E-state index in [2.05, 4.69) is 19.9 Å². The van der Waals surface area contributed by atoms with Gasteiger partial charge in [-0.1, -0.05) is 0 Å². The van der Waals surface area contributed by atoms with E-state index in [1.54, 1.807) is 30.6 Å². The summed E-state index contributed by atoms with van der Waals surface area (Å²) >= 11 is 0. The minimum atomic E-state index is -3.28. The highest BCUT2D eigenvalue weighted by atomic mass is 32.2. The zero-order valence-electron chi connectivity index (χ0n) is 8.51. The van der Waals surface area contributed by atoms with Crippen LogP contribution in [0.15, 0.2) is 30.6 Å². The molecule has 0 aliphatic carbocycles. The standard InChI is InChI=1S/C9H10N4O2S/c1-16(14,15)13-9-3-2-7(6-10-9)8-4-5-11-12-8/h2-6H,1H3,(H,10,13)(H,11,12). The lowest BCUT2D eigenvalue weighted by atomic mass is 10.2. The van der Waals surface area contributed by atoms with Crippen LogP contribution in [0.5, 0.6) is 0 Å². The van der Waals surface area contributed by atoms with E-state index in [0.717, 1.165) is 17.5 Å².